The van der Waals surface area contributed by atoms with Gasteiger partial charge in [-0.3, -0.25) is 4.68 Å². The quantitative estimate of drug-likeness (QED) is 0.897. The molecule has 1 aliphatic carbocycles. The Kier molecular flexibility index (Phi) is 2.71. The van der Waals surface area contributed by atoms with E-state index in [-0.39, 0.29) is 11.5 Å². The molecule has 1 fully saturated rings. The summed E-state index contributed by atoms with van der Waals surface area (Å²) in [6, 6.07) is 12.7. The van der Waals surface area contributed by atoms with Gasteiger partial charge in [0, 0.05) is 18.7 Å². The number of hydrogen-bond acceptors (Lipinski definition) is 2. The summed E-state index contributed by atoms with van der Waals surface area (Å²) in [4.78, 5) is 0. The van der Waals surface area contributed by atoms with Crippen molar-refractivity contribution in [3.63, 3.8) is 0 Å². The van der Waals surface area contributed by atoms with Crippen molar-refractivity contribution in [2.45, 2.75) is 30.7 Å². The average molecular weight is 241 g/mol. The van der Waals surface area contributed by atoms with Crippen molar-refractivity contribution in [2.24, 2.45) is 12.8 Å². The fraction of sp³-hybridized carbons (Fsp3) is 0.400. The minimum atomic E-state index is 0.0288. The Labute approximate surface area is 108 Å². The number of rotatable bonds is 3. The second kappa shape index (κ2) is 4.25. The van der Waals surface area contributed by atoms with E-state index in [2.05, 4.69) is 35.4 Å². The van der Waals surface area contributed by atoms with E-state index in [0.29, 0.717) is 0 Å². The molecule has 18 heavy (non-hydrogen) atoms. The van der Waals surface area contributed by atoms with Crippen LogP contribution in [0.25, 0.3) is 0 Å². The van der Waals surface area contributed by atoms with Gasteiger partial charge >= 0.3 is 0 Å². The van der Waals surface area contributed by atoms with Crippen molar-refractivity contribution in [2.75, 3.05) is 0 Å². The third kappa shape index (κ3) is 1.58. The molecule has 1 atom stereocenters. The summed E-state index contributed by atoms with van der Waals surface area (Å²) >= 11 is 0. The number of hydrogen-bond donors (Lipinski definition) is 1. The van der Waals surface area contributed by atoms with Crippen LogP contribution in [-0.4, -0.2) is 9.78 Å². The molecular weight excluding hydrogens is 222 g/mol. The van der Waals surface area contributed by atoms with E-state index in [1.54, 1.807) is 0 Å². The van der Waals surface area contributed by atoms with Gasteiger partial charge in [0.05, 0.1) is 11.7 Å². The van der Waals surface area contributed by atoms with Gasteiger partial charge in [-0.1, -0.05) is 36.8 Å². The fourth-order valence-electron chi connectivity index (χ4n) is 3.08. The first-order valence-electron chi connectivity index (χ1n) is 6.53. The van der Waals surface area contributed by atoms with Crippen molar-refractivity contribution in [1.29, 1.82) is 0 Å². The molecule has 2 N–H and O–H groups in total. The lowest BCUT2D eigenvalue weighted by Gasteiger charge is -2.46. The van der Waals surface area contributed by atoms with Crippen LogP contribution in [0.15, 0.2) is 42.6 Å². The van der Waals surface area contributed by atoms with Crippen molar-refractivity contribution in [1.82, 2.24) is 9.78 Å². The SMILES string of the molecule is Cn1nccc1C(N)C1(c2ccccc2)CCC1. The maximum Gasteiger partial charge on any atom is 0.0565 e. The maximum absolute atomic E-state index is 6.55. The Morgan fingerprint density at radius 2 is 1.94 bits per heavy atom. The molecule has 0 radical (unpaired) electrons. The zero-order valence-electron chi connectivity index (χ0n) is 10.7. The van der Waals surface area contributed by atoms with Gasteiger partial charge in [-0.05, 0) is 24.5 Å². The molecule has 0 bridgehead atoms. The standard InChI is InChI=1S/C15H19N3/c1-18-13(8-11-17-18)14(16)15(9-5-10-15)12-6-3-2-4-7-12/h2-4,6-8,11,14H,5,9-10,16H2,1H3. The molecular formula is C15H19N3. The lowest BCUT2D eigenvalue weighted by Crippen LogP contribution is -2.45. The Hall–Kier alpha value is -1.61. The van der Waals surface area contributed by atoms with E-state index in [4.69, 9.17) is 5.73 Å². The molecule has 1 heterocycles. The van der Waals surface area contributed by atoms with E-state index >= 15 is 0 Å². The number of aryl methyl sites for hydroxylation is 1. The highest BCUT2D eigenvalue weighted by atomic mass is 15.3. The van der Waals surface area contributed by atoms with Crippen LogP contribution in [0.4, 0.5) is 0 Å². The predicted molar refractivity (Wildman–Crippen MR) is 72.1 cm³/mol. The maximum atomic E-state index is 6.55. The van der Waals surface area contributed by atoms with Crippen LogP contribution in [0.3, 0.4) is 0 Å². The molecule has 0 saturated heterocycles. The lowest BCUT2D eigenvalue weighted by molar-refractivity contribution is 0.191. The van der Waals surface area contributed by atoms with E-state index in [1.165, 1.54) is 24.8 Å². The Morgan fingerprint density at radius 1 is 1.22 bits per heavy atom. The van der Waals surface area contributed by atoms with Crippen molar-refractivity contribution >= 4 is 0 Å². The molecule has 2 aromatic rings. The van der Waals surface area contributed by atoms with Gasteiger partial charge in [-0.25, -0.2) is 0 Å². The summed E-state index contributed by atoms with van der Waals surface area (Å²) in [5.41, 5.74) is 9.15. The number of nitrogens with zero attached hydrogens (tertiary/aromatic N) is 2. The number of nitrogens with two attached hydrogens (primary N) is 1. The molecule has 1 aromatic heterocycles. The lowest BCUT2D eigenvalue weighted by atomic mass is 9.59. The zero-order chi connectivity index (χ0) is 12.6. The van der Waals surface area contributed by atoms with Gasteiger partial charge in [0.2, 0.25) is 0 Å². The van der Waals surface area contributed by atoms with E-state index in [9.17, 15) is 0 Å². The first-order valence-corrected chi connectivity index (χ1v) is 6.53. The molecule has 3 nitrogen and oxygen atoms in total. The third-order valence-electron chi connectivity index (χ3n) is 4.37. The van der Waals surface area contributed by atoms with Crippen LogP contribution in [0.1, 0.15) is 36.6 Å². The molecule has 0 spiro atoms. The average Bonchev–Trinajstić information content (AvgIpc) is 2.75. The molecule has 0 amide bonds. The molecule has 1 aromatic carbocycles. The minimum absolute atomic E-state index is 0.0288. The van der Waals surface area contributed by atoms with E-state index in [1.807, 2.05) is 24.0 Å². The summed E-state index contributed by atoms with van der Waals surface area (Å²) in [7, 11) is 1.96. The van der Waals surface area contributed by atoms with Gasteiger partial charge in [0.1, 0.15) is 0 Å². The predicted octanol–water partition coefficient (Wildman–Crippen LogP) is 2.54. The minimum Gasteiger partial charge on any atom is -0.322 e. The van der Waals surface area contributed by atoms with Crippen molar-refractivity contribution in [3.05, 3.63) is 53.9 Å². The van der Waals surface area contributed by atoms with Crippen LogP contribution < -0.4 is 5.73 Å². The Morgan fingerprint density at radius 3 is 2.44 bits per heavy atom. The smallest absolute Gasteiger partial charge is 0.0565 e. The zero-order valence-corrected chi connectivity index (χ0v) is 10.7. The van der Waals surface area contributed by atoms with Gasteiger partial charge < -0.3 is 5.73 Å². The second-order valence-electron chi connectivity index (χ2n) is 5.23. The highest BCUT2D eigenvalue weighted by molar-refractivity contribution is 5.33. The topological polar surface area (TPSA) is 43.8 Å². The van der Waals surface area contributed by atoms with Crippen LogP contribution in [-0.2, 0) is 12.5 Å². The van der Waals surface area contributed by atoms with Gasteiger partial charge in [-0.2, -0.15) is 5.10 Å². The van der Waals surface area contributed by atoms with Crippen molar-refractivity contribution in [3.8, 4) is 0 Å². The first kappa shape index (κ1) is 11.5. The van der Waals surface area contributed by atoms with E-state index < -0.39 is 0 Å². The van der Waals surface area contributed by atoms with Crippen molar-refractivity contribution < 1.29 is 0 Å². The summed E-state index contributed by atoms with van der Waals surface area (Å²) in [5, 5.41) is 4.24. The Balaban J connectivity index is 2.00. The van der Waals surface area contributed by atoms with Gasteiger partial charge in [0.25, 0.3) is 0 Å². The molecule has 94 valence electrons. The van der Waals surface area contributed by atoms with Gasteiger partial charge in [-0.15, -0.1) is 0 Å². The first-order chi connectivity index (χ1) is 8.74. The molecule has 0 aliphatic heterocycles. The second-order valence-corrected chi connectivity index (χ2v) is 5.23. The molecule has 3 heteroatoms. The highest BCUT2D eigenvalue weighted by Crippen LogP contribution is 2.50. The summed E-state index contributed by atoms with van der Waals surface area (Å²) in [6.07, 6.45) is 5.43. The molecule has 3 rings (SSSR count). The fourth-order valence-corrected chi connectivity index (χ4v) is 3.08. The van der Waals surface area contributed by atoms with E-state index in [0.717, 1.165) is 5.69 Å². The largest absolute Gasteiger partial charge is 0.322 e. The normalized spacial score (nSPS) is 19.2. The Bertz CT molecular complexity index is 526. The summed E-state index contributed by atoms with van der Waals surface area (Å²) in [5.74, 6) is 0. The third-order valence-corrected chi connectivity index (χ3v) is 4.37. The molecule has 1 unspecified atom stereocenters. The summed E-state index contributed by atoms with van der Waals surface area (Å²) in [6.45, 7) is 0. The summed E-state index contributed by atoms with van der Waals surface area (Å²) < 4.78 is 1.90. The van der Waals surface area contributed by atoms with Crippen LogP contribution in [0.5, 0.6) is 0 Å². The van der Waals surface area contributed by atoms with Crippen LogP contribution >= 0.6 is 0 Å². The monoisotopic (exact) mass is 241 g/mol. The molecule has 1 aliphatic rings. The van der Waals surface area contributed by atoms with Crippen LogP contribution in [0.2, 0.25) is 0 Å². The number of aromatic nitrogens is 2. The number of benzene rings is 1. The van der Waals surface area contributed by atoms with Gasteiger partial charge in [0.15, 0.2) is 0 Å². The molecule has 1 saturated carbocycles. The van der Waals surface area contributed by atoms with Crippen LogP contribution in [0, 0.1) is 0 Å². The highest BCUT2D eigenvalue weighted by Gasteiger charge is 2.45.